The first kappa shape index (κ1) is 51.4. The Bertz CT molecular complexity index is 3440. The van der Waals surface area contributed by atoms with Crippen LogP contribution in [-0.4, -0.2) is 90.5 Å². The van der Waals surface area contributed by atoms with Gasteiger partial charge in [0.25, 0.3) is 11.1 Å². The van der Waals surface area contributed by atoms with Gasteiger partial charge >= 0.3 is 11.4 Å². The van der Waals surface area contributed by atoms with E-state index in [4.69, 9.17) is 23.1 Å². The minimum atomic E-state index is -0.935. The SMILES string of the molecule is Cc1ccc(C(=O)Cn2c(=O)c3c(n(C)c2=O)N(N2c4c(c(=O)n(CC(=O)c5ccccc5Cl)c(=O)n4C)N(Cc4ccccc4Br)C2N2CCCC(N)C2)C(N2CCCC(N)C2)N3Cc2ccccc2Br)cc1. The van der Waals surface area contributed by atoms with Gasteiger partial charge in [0.2, 0.25) is 0 Å². The lowest BCUT2D eigenvalue weighted by Crippen LogP contribution is -2.69. The average Bonchev–Trinajstić information content (AvgIpc) is 3.90. The number of fused-ring (bicyclic) bond motifs is 2. The van der Waals surface area contributed by atoms with Crippen LogP contribution in [0.15, 0.2) is 125 Å². The monoisotopic (exact) mass is 1150 g/mol. The molecule has 10 rings (SSSR count). The van der Waals surface area contributed by atoms with Gasteiger partial charge in [0, 0.05) is 85.5 Å². The van der Waals surface area contributed by atoms with Gasteiger partial charge in [0.1, 0.15) is 11.4 Å². The van der Waals surface area contributed by atoms with Crippen molar-refractivity contribution in [2.45, 2.75) is 83.4 Å². The Morgan fingerprint density at radius 2 is 1.04 bits per heavy atom. The Morgan fingerprint density at radius 1 is 0.608 bits per heavy atom. The fraction of sp³-hybridized carbons (Fsp3) is 0.358. The van der Waals surface area contributed by atoms with Crippen LogP contribution in [0.4, 0.5) is 23.0 Å². The molecule has 6 heterocycles. The molecule has 4 atom stereocenters. The van der Waals surface area contributed by atoms with Gasteiger partial charge in [0.05, 0.1) is 18.1 Å². The quantitative estimate of drug-likeness (QED) is 0.141. The number of carbonyl (C=O) groups is 2. The van der Waals surface area contributed by atoms with E-state index in [9.17, 15) is 9.59 Å². The molecule has 0 saturated carbocycles. The Hall–Kier alpha value is -6.13. The number of halogens is 3. The molecule has 0 radical (unpaired) electrons. The summed E-state index contributed by atoms with van der Waals surface area (Å²) in [6.07, 6.45) is 1.03. The number of aryl methyl sites for hydroxylation is 1. The average molecular weight is 1150 g/mol. The maximum atomic E-state index is 15.7. The van der Waals surface area contributed by atoms with E-state index in [1.807, 2.05) is 75.3 Å². The first-order valence-electron chi connectivity index (χ1n) is 24.7. The second-order valence-electron chi connectivity index (χ2n) is 19.6. The van der Waals surface area contributed by atoms with Crippen molar-refractivity contribution in [3.8, 4) is 0 Å². The molecule has 386 valence electrons. The van der Waals surface area contributed by atoms with Crippen molar-refractivity contribution < 1.29 is 9.59 Å². The molecule has 0 bridgehead atoms. The second-order valence-corrected chi connectivity index (χ2v) is 21.7. The summed E-state index contributed by atoms with van der Waals surface area (Å²) in [4.78, 5) is 98.2. The number of nitrogens with two attached hydrogens (primary N) is 2. The summed E-state index contributed by atoms with van der Waals surface area (Å²) in [7, 11) is 3.13. The number of benzene rings is 4. The van der Waals surface area contributed by atoms with E-state index in [1.165, 1.54) is 9.13 Å². The summed E-state index contributed by atoms with van der Waals surface area (Å²) < 4.78 is 6.21. The van der Waals surface area contributed by atoms with Gasteiger partial charge in [-0.05, 0) is 68.0 Å². The Morgan fingerprint density at radius 3 is 1.49 bits per heavy atom. The molecule has 0 aliphatic carbocycles. The second kappa shape index (κ2) is 20.9. The maximum Gasteiger partial charge on any atom is 0.332 e. The number of Topliss-reactive ketones (excluding diaryl/α,β-unsaturated/α-hetero) is 2. The van der Waals surface area contributed by atoms with E-state index in [0.29, 0.717) is 44.6 Å². The maximum absolute atomic E-state index is 15.7. The highest BCUT2D eigenvalue weighted by molar-refractivity contribution is 9.10. The molecule has 74 heavy (non-hydrogen) atoms. The van der Waals surface area contributed by atoms with E-state index >= 15 is 19.2 Å². The number of hydrazine groups is 1. The number of piperidine rings is 2. The minimum absolute atomic E-state index is 0.0980. The smallest absolute Gasteiger partial charge is 0.327 e. The van der Waals surface area contributed by atoms with Crippen molar-refractivity contribution in [1.82, 2.24) is 28.1 Å². The molecule has 21 heteroatoms. The third-order valence-electron chi connectivity index (χ3n) is 14.6. The van der Waals surface area contributed by atoms with Gasteiger partial charge in [-0.1, -0.05) is 122 Å². The highest BCUT2D eigenvalue weighted by Crippen LogP contribution is 2.48. The van der Waals surface area contributed by atoms with Crippen molar-refractivity contribution in [3.05, 3.63) is 181 Å². The van der Waals surface area contributed by atoms with Crippen LogP contribution in [0.25, 0.3) is 0 Å². The standard InChI is InChI=1S/C53H57Br2ClN12O6/c1-32-20-22-33(23-21-32)42(69)30-65-48(71)44-46(59(2)52(65)73)67(50(61-24-10-14-36(57)28-61)63(44)26-34-12-4-7-17-39(34)54)68-47-45(49(72)66(53(74)60(47)3)31-43(70)38-16-6-9-19-41(38)56)64(27-35-13-5-8-18-40(35)55)51(68)62-25-11-15-37(58)29-62/h4-9,12-13,16-23,36-37,50-51H,10-11,14-15,24-31,57-58H2,1-3H3. The molecule has 4 aromatic carbocycles. The Balaban J connectivity index is 1.27. The van der Waals surface area contributed by atoms with Crippen LogP contribution in [0.2, 0.25) is 5.02 Å². The number of hydrogen-bond acceptors (Lipinski definition) is 14. The number of nitrogens with zero attached hydrogens (tertiary/aromatic N) is 10. The normalized spacial score (nSPS) is 20.1. The molecule has 0 spiro atoms. The van der Waals surface area contributed by atoms with E-state index in [1.54, 1.807) is 62.6 Å². The van der Waals surface area contributed by atoms with Crippen LogP contribution in [0.1, 0.15) is 63.1 Å². The first-order valence-corrected chi connectivity index (χ1v) is 26.6. The van der Waals surface area contributed by atoms with E-state index in [-0.39, 0.29) is 58.8 Å². The number of ketones is 2. The summed E-state index contributed by atoms with van der Waals surface area (Å²) in [6.45, 7) is 2.80. The van der Waals surface area contributed by atoms with Gasteiger partial charge in [-0.15, -0.1) is 0 Å². The molecular weight excluding hydrogens is 1100 g/mol. The summed E-state index contributed by atoms with van der Waals surface area (Å²) >= 11 is 14.1. The molecule has 18 nitrogen and oxygen atoms in total. The first-order chi connectivity index (χ1) is 35.5. The molecule has 2 fully saturated rings. The predicted molar refractivity (Wildman–Crippen MR) is 294 cm³/mol. The molecule has 2 aromatic heterocycles. The zero-order chi connectivity index (χ0) is 52.3. The lowest BCUT2D eigenvalue weighted by molar-refractivity contribution is 0.0961. The third-order valence-corrected chi connectivity index (χ3v) is 16.5. The molecule has 4 aliphatic heterocycles. The number of aromatic nitrogens is 4. The van der Waals surface area contributed by atoms with Gasteiger partial charge in [-0.2, -0.15) is 0 Å². The van der Waals surface area contributed by atoms with Crippen molar-refractivity contribution in [1.29, 1.82) is 0 Å². The molecule has 0 amide bonds. The number of anilines is 4. The zero-order valence-corrected chi connectivity index (χ0v) is 45.2. The van der Waals surface area contributed by atoms with Gasteiger partial charge in [-0.25, -0.2) is 19.6 Å². The minimum Gasteiger partial charge on any atom is -0.327 e. The molecule has 6 aromatic rings. The van der Waals surface area contributed by atoms with Gasteiger partial charge in [-0.3, -0.25) is 47.2 Å². The number of rotatable bonds is 13. The molecule has 4 N–H and O–H groups in total. The van der Waals surface area contributed by atoms with Crippen molar-refractivity contribution in [3.63, 3.8) is 0 Å². The summed E-state index contributed by atoms with van der Waals surface area (Å²) in [5.41, 5.74) is 14.0. The fourth-order valence-electron chi connectivity index (χ4n) is 11.0. The summed E-state index contributed by atoms with van der Waals surface area (Å²) in [5, 5.41) is 3.93. The zero-order valence-electron chi connectivity index (χ0n) is 41.2. The van der Waals surface area contributed by atoms with Crippen LogP contribution < -0.4 is 53.8 Å². The third kappa shape index (κ3) is 9.28. The lowest BCUT2D eigenvalue weighted by Gasteiger charge is -2.50. The van der Waals surface area contributed by atoms with Crippen molar-refractivity contribution in [2.24, 2.45) is 25.6 Å². The highest BCUT2D eigenvalue weighted by atomic mass is 79.9. The highest BCUT2D eigenvalue weighted by Gasteiger charge is 2.55. The topological polar surface area (TPSA) is 194 Å². The number of hydrogen-bond donors (Lipinski definition) is 2. The molecule has 4 unspecified atom stereocenters. The fourth-order valence-corrected chi connectivity index (χ4v) is 12.0. The van der Waals surface area contributed by atoms with E-state index < -0.39 is 59.7 Å². The van der Waals surface area contributed by atoms with Crippen LogP contribution in [-0.2, 0) is 40.3 Å². The predicted octanol–water partition coefficient (Wildman–Crippen LogP) is 5.34. The lowest BCUT2D eigenvalue weighted by atomic mass is 10.1. The molecule has 4 aliphatic rings. The van der Waals surface area contributed by atoms with Crippen LogP contribution >= 0.6 is 43.5 Å². The summed E-state index contributed by atoms with van der Waals surface area (Å²) in [5.74, 6) is -0.637. The van der Waals surface area contributed by atoms with E-state index in [0.717, 1.165) is 47.6 Å². The van der Waals surface area contributed by atoms with Crippen molar-refractivity contribution >= 4 is 78.0 Å². The van der Waals surface area contributed by atoms with Crippen LogP contribution in [0.5, 0.6) is 0 Å². The summed E-state index contributed by atoms with van der Waals surface area (Å²) in [6, 6.07) is 28.2. The van der Waals surface area contributed by atoms with Crippen LogP contribution in [0, 0.1) is 6.92 Å². The molecular formula is C53H57Br2ClN12O6. The number of carbonyl (C=O) groups excluding carboxylic acids is 2. The largest absolute Gasteiger partial charge is 0.332 e. The van der Waals surface area contributed by atoms with Gasteiger partial charge < -0.3 is 21.3 Å². The van der Waals surface area contributed by atoms with Crippen LogP contribution in [0.3, 0.4) is 0 Å². The number of likely N-dealkylation sites (tertiary alicyclic amines) is 2. The van der Waals surface area contributed by atoms with Crippen molar-refractivity contribution in [2.75, 3.05) is 46.0 Å². The van der Waals surface area contributed by atoms with Gasteiger partial charge in [0.15, 0.2) is 35.8 Å². The Kier molecular flexibility index (Phi) is 14.5. The van der Waals surface area contributed by atoms with E-state index in [2.05, 4.69) is 41.7 Å². The Labute approximate surface area is 448 Å². The molecule has 2 saturated heterocycles.